The van der Waals surface area contributed by atoms with Gasteiger partial charge in [0.15, 0.2) is 0 Å². The van der Waals surface area contributed by atoms with Crippen molar-refractivity contribution in [2.45, 2.75) is 103 Å². The van der Waals surface area contributed by atoms with Gasteiger partial charge < -0.3 is 24.6 Å². The predicted molar refractivity (Wildman–Crippen MR) is 160 cm³/mol. The van der Waals surface area contributed by atoms with Gasteiger partial charge in [-0.3, -0.25) is 4.79 Å². The zero-order valence-corrected chi connectivity index (χ0v) is 26.0. The minimum absolute atomic E-state index is 0.116. The number of carbonyl (C=O) groups excluding carboxylic acids is 2. The molecule has 0 aromatic heterocycles. The molecule has 0 radical (unpaired) electrons. The maximum atomic E-state index is 12.9. The number of hydrogen-bond donors (Lipinski definition) is 2. The zero-order valence-electron chi connectivity index (χ0n) is 24.4. The van der Waals surface area contributed by atoms with Crippen LogP contribution in [0, 0.1) is 5.92 Å². The molecule has 2 aromatic rings. The normalized spacial score (nSPS) is 15.8. The molecular formula is C32H44BrNO6. The molecule has 1 aliphatic carbocycles. The summed E-state index contributed by atoms with van der Waals surface area (Å²) < 4.78 is 17.2. The lowest BCUT2D eigenvalue weighted by Gasteiger charge is -2.32. The first-order valence-corrected chi connectivity index (χ1v) is 15.1. The highest BCUT2D eigenvalue weighted by atomic mass is 79.9. The average Bonchev–Trinajstić information content (AvgIpc) is 2.91. The first kappa shape index (κ1) is 32.1. The topological polar surface area (TPSA) is 94.1 Å². The summed E-state index contributed by atoms with van der Waals surface area (Å²) in [6, 6.07) is 10.1. The first-order chi connectivity index (χ1) is 19.0. The molecule has 2 N–H and O–H groups in total. The molecular weight excluding hydrogens is 574 g/mol. The third kappa shape index (κ3) is 9.60. The van der Waals surface area contributed by atoms with E-state index in [4.69, 9.17) is 14.2 Å². The fourth-order valence-electron chi connectivity index (χ4n) is 5.20. The van der Waals surface area contributed by atoms with Crippen molar-refractivity contribution in [1.82, 2.24) is 5.32 Å². The van der Waals surface area contributed by atoms with Crippen molar-refractivity contribution < 1.29 is 28.9 Å². The highest BCUT2D eigenvalue weighted by Crippen LogP contribution is 2.31. The Labute approximate surface area is 247 Å². The second kappa shape index (κ2) is 15.0. The Hall–Kier alpha value is -2.42. The van der Waals surface area contributed by atoms with E-state index in [-0.39, 0.29) is 24.2 Å². The van der Waals surface area contributed by atoms with Crippen molar-refractivity contribution in [2.24, 2.45) is 5.92 Å². The van der Waals surface area contributed by atoms with E-state index in [9.17, 15) is 14.7 Å². The predicted octanol–water partition coefficient (Wildman–Crippen LogP) is 7.28. The summed E-state index contributed by atoms with van der Waals surface area (Å²) in [5.41, 5.74) is 1.36. The Balaban J connectivity index is 1.83. The van der Waals surface area contributed by atoms with Crippen molar-refractivity contribution in [2.75, 3.05) is 7.11 Å². The largest absolute Gasteiger partial charge is 0.497 e. The summed E-state index contributed by atoms with van der Waals surface area (Å²) in [7, 11) is 1.56. The molecule has 0 aliphatic heterocycles. The lowest BCUT2D eigenvalue weighted by atomic mass is 9.87. The summed E-state index contributed by atoms with van der Waals surface area (Å²) >= 11 is 3.40. The van der Waals surface area contributed by atoms with Crippen LogP contribution in [0.25, 0.3) is 0 Å². The number of halogens is 1. The van der Waals surface area contributed by atoms with Crippen LogP contribution in [0.4, 0.5) is 0 Å². The molecule has 2 aromatic carbocycles. The molecule has 1 aliphatic rings. The zero-order chi connectivity index (χ0) is 29.3. The molecule has 2 atom stereocenters. The number of ether oxygens (including phenoxy) is 3. The maximum absolute atomic E-state index is 12.9. The lowest BCUT2D eigenvalue weighted by Crippen LogP contribution is -2.46. The maximum Gasteiger partial charge on any atom is 0.339 e. The Morgan fingerprint density at radius 3 is 2.45 bits per heavy atom. The van der Waals surface area contributed by atoms with E-state index in [0.717, 1.165) is 38.5 Å². The van der Waals surface area contributed by atoms with Crippen molar-refractivity contribution in [3.8, 4) is 11.5 Å². The van der Waals surface area contributed by atoms with Gasteiger partial charge in [0.05, 0.1) is 18.8 Å². The highest BCUT2D eigenvalue weighted by Gasteiger charge is 2.26. The van der Waals surface area contributed by atoms with Gasteiger partial charge in [0, 0.05) is 28.0 Å². The number of hydrogen-bond acceptors (Lipinski definition) is 7. The van der Waals surface area contributed by atoms with Gasteiger partial charge in [-0.2, -0.15) is 0 Å². The standard InChI is InChI=1S/C32H44BrNO6/c1-6-10-27(34-32(2,3)4)30(36)22-13-16-28(40-29(35)17-21-11-8-7-9-12-21)23(18-22)20-39-31(37)25-15-14-24(38-5)19-26(25)33/h13-16,18-19,21,27,30,34,36H,6-12,17,20H2,1-5H3. The fraction of sp³-hybridized carbons (Fsp3) is 0.562. The van der Waals surface area contributed by atoms with E-state index in [0.29, 0.717) is 45.0 Å². The first-order valence-electron chi connectivity index (χ1n) is 14.3. The summed E-state index contributed by atoms with van der Waals surface area (Å²) in [6.45, 7) is 8.18. The van der Waals surface area contributed by atoms with Crippen LogP contribution < -0.4 is 14.8 Å². The molecule has 1 fully saturated rings. The van der Waals surface area contributed by atoms with E-state index in [1.165, 1.54) is 6.42 Å². The van der Waals surface area contributed by atoms with Gasteiger partial charge in [0.25, 0.3) is 0 Å². The summed E-state index contributed by atoms with van der Waals surface area (Å²) in [5.74, 6) is 0.480. The van der Waals surface area contributed by atoms with E-state index in [1.54, 1.807) is 43.5 Å². The molecule has 0 heterocycles. The van der Waals surface area contributed by atoms with Crippen LogP contribution in [0.1, 0.15) is 107 Å². The van der Waals surface area contributed by atoms with Gasteiger partial charge in [-0.1, -0.05) is 38.7 Å². The van der Waals surface area contributed by atoms with Crippen LogP contribution in [0.2, 0.25) is 0 Å². The molecule has 40 heavy (non-hydrogen) atoms. The molecule has 7 nitrogen and oxygen atoms in total. The monoisotopic (exact) mass is 617 g/mol. The third-order valence-corrected chi connectivity index (χ3v) is 7.84. The number of aliphatic hydroxyl groups excluding tert-OH is 1. The SMILES string of the molecule is CCCC(NC(C)(C)C)C(O)c1ccc(OC(=O)CC2CCCCC2)c(COC(=O)c2ccc(OC)cc2Br)c1. The van der Waals surface area contributed by atoms with Gasteiger partial charge in [-0.15, -0.1) is 0 Å². The van der Waals surface area contributed by atoms with Gasteiger partial charge in [-0.05, 0) is 97.8 Å². The van der Waals surface area contributed by atoms with Crippen molar-refractivity contribution in [1.29, 1.82) is 0 Å². The molecule has 3 rings (SSSR count). The molecule has 0 spiro atoms. The van der Waals surface area contributed by atoms with E-state index >= 15 is 0 Å². The second-order valence-corrected chi connectivity index (χ2v) is 12.6. The Morgan fingerprint density at radius 2 is 1.82 bits per heavy atom. The van der Waals surface area contributed by atoms with Crippen molar-refractivity contribution >= 4 is 27.9 Å². The second-order valence-electron chi connectivity index (χ2n) is 11.7. The molecule has 8 heteroatoms. The minimum atomic E-state index is -0.795. The number of rotatable bonds is 12. The molecule has 1 saturated carbocycles. The van der Waals surface area contributed by atoms with Crippen molar-refractivity contribution in [3.05, 3.63) is 57.6 Å². The lowest BCUT2D eigenvalue weighted by molar-refractivity contribution is -0.135. The number of aliphatic hydroxyl groups is 1. The van der Waals surface area contributed by atoms with Crippen molar-refractivity contribution in [3.63, 3.8) is 0 Å². The van der Waals surface area contributed by atoms with Crippen LogP contribution >= 0.6 is 15.9 Å². The Bertz CT molecular complexity index is 1140. The fourth-order valence-corrected chi connectivity index (χ4v) is 5.72. The molecule has 2 unspecified atom stereocenters. The van der Waals surface area contributed by atoms with Crippen LogP contribution in [0.3, 0.4) is 0 Å². The number of benzene rings is 2. The number of carbonyl (C=O) groups is 2. The summed E-state index contributed by atoms with van der Waals surface area (Å²) in [5, 5.41) is 14.9. The highest BCUT2D eigenvalue weighted by molar-refractivity contribution is 9.10. The summed E-state index contributed by atoms with van der Waals surface area (Å²) in [6.07, 6.45) is 6.87. The van der Waals surface area contributed by atoms with E-state index < -0.39 is 12.1 Å². The Morgan fingerprint density at radius 1 is 1.10 bits per heavy atom. The third-order valence-electron chi connectivity index (χ3n) is 7.18. The van der Waals surface area contributed by atoms with Crippen LogP contribution in [0.15, 0.2) is 40.9 Å². The minimum Gasteiger partial charge on any atom is -0.497 e. The molecule has 220 valence electrons. The van der Waals surface area contributed by atoms with Gasteiger partial charge in [-0.25, -0.2) is 4.79 Å². The van der Waals surface area contributed by atoms with Crippen LogP contribution in [-0.2, 0) is 16.1 Å². The number of esters is 2. The van der Waals surface area contributed by atoms with E-state index in [2.05, 4.69) is 48.9 Å². The number of nitrogens with one attached hydrogen (secondary N) is 1. The molecule has 0 amide bonds. The number of methoxy groups -OCH3 is 1. The molecule has 0 saturated heterocycles. The summed E-state index contributed by atoms with van der Waals surface area (Å²) in [4.78, 5) is 25.8. The quantitative estimate of drug-likeness (QED) is 0.191. The van der Waals surface area contributed by atoms with E-state index in [1.807, 2.05) is 0 Å². The van der Waals surface area contributed by atoms with Gasteiger partial charge >= 0.3 is 11.9 Å². The van der Waals surface area contributed by atoms with Gasteiger partial charge in [0.1, 0.15) is 18.1 Å². The van der Waals surface area contributed by atoms with Crippen LogP contribution in [0.5, 0.6) is 11.5 Å². The smallest absolute Gasteiger partial charge is 0.339 e. The van der Waals surface area contributed by atoms with Gasteiger partial charge in [0.2, 0.25) is 0 Å². The van der Waals surface area contributed by atoms with Crippen LogP contribution in [-0.4, -0.2) is 35.7 Å². The molecule has 0 bridgehead atoms. The average molecular weight is 619 g/mol. The Kier molecular flexibility index (Phi) is 12.0.